The first-order chi connectivity index (χ1) is 14.2. The molecule has 1 amide bonds. The van der Waals surface area contributed by atoms with Crippen LogP contribution in [-0.4, -0.2) is 36.4 Å². The van der Waals surface area contributed by atoms with Crippen molar-refractivity contribution in [3.63, 3.8) is 0 Å². The van der Waals surface area contributed by atoms with Crippen LogP contribution < -0.4 is 10.0 Å². The van der Waals surface area contributed by atoms with E-state index in [1.54, 1.807) is 26.0 Å². The fourth-order valence-corrected chi connectivity index (χ4v) is 5.35. The number of aromatic carboxylic acids is 1. The van der Waals surface area contributed by atoms with Crippen LogP contribution in [0.3, 0.4) is 0 Å². The van der Waals surface area contributed by atoms with Gasteiger partial charge in [-0.2, -0.15) is 0 Å². The van der Waals surface area contributed by atoms with Crippen molar-refractivity contribution >= 4 is 39.2 Å². The predicted octanol–water partition coefficient (Wildman–Crippen LogP) is 2.77. The van der Waals surface area contributed by atoms with Gasteiger partial charge in [-0.05, 0) is 74.9 Å². The van der Waals surface area contributed by atoms with E-state index in [9.17, 15) is 23.1 Å². The lowest BCUT2D eigenvalue weighted by atomic mass is 9.91. The minimum atomic E-state index is -3.72. The van der Waals surface area contributed by atoms with E-state index in [1.807, 2.05) is 0 Å². The van der Waals surface area contributed by atoms with Crippen molar-refractivity contribution in [1.29, 1.82) is 0 Å². The van der Waals surface area contributed by atoms with Crippen molar-refractivity contribution in [3.05, 3.63) is 46.3 Å². The Kier molecular flexibility index (Phi) is 5.03. The molecule has 4 N–H and O–H groups in total. The lowest BCUT2D eigenvalue weighted by Crippen LogP contribution is -2.30. The fraction of sp³-hybridized carbons (Fsp3) is 0.333. The zero-order chi connectivity index (χ0) is 21.6. The van der Waals surface area contributed by atoms with Gasteiger partial charge in [0.15, 0.2) is 0 Å². The van der Waals surface area contributed by atoms with Gasteiger partial charge in [0.05, 0.1) is 10.5 Å². The summed E-state index contributed by atoms with van der Waals surface area (Å²) >= 11 is 0. The summed E-state index contributed by atoms with van der Waals surface area (Å²) in [5, 5.41) is 12.3. The smallest absolute Gasteiger partial charge is 0.352 e. The molecule has 1 aromatic heterocycles. The van der Waals surface area contributed by atoms with Crippen molar-refractivity contribution in [2.24, 2.45) is 0 Å². The van der Waals surface area contributed by atoms with Crippen LogP contribution in [0, 0.1) is 0 Å². The minimum absolute atomic E-state index is 0.0667. The second kappa shape index (κ2) is 7.41. The Balaban J connectivity index is 1.81. The normalized spacial score (nSPS) is 17.2. The number of carbonyl (C=O) groups excluding carboxylic acids is 1. The number of H-pyrrole nitrogens is 1. The van der Waals surface area contributed by atoms with Gasteiger partial charge in [0.2, 0.25) is 10.0 Å². The maximum Gasteiger partial charge on any atom is 0.352 e. The van der Waals surface area contributed by atoms with E-state index in [-0.39, 0.29) is 22.5 Å². The molecule has 1 aliphatic carbocycles. The molecule has 1 aliphatic heterocycles. The average Bonchev–Trinajstić information content (AvgIpc) is 3.19. The van der Waals surface area contributed by atoms with E-state index in [4.69, 9.17) is 0 Å². The fourth-order valence-electron chi connectivity index (χ4n) is 4.07. The molecule has 2 aromatic rings. The zero-order valence-electron chi connectivity index (χ0n) is 16.7. The van der Waals surface area contributed by atoms with Crippen molar-refractivity contribution in [2.75, 3.05) is 5.32 Å². The van der Waals surface area contributed by atoms with E-state index < -0.39 is 16.0 Å². The molecule has 0 unspecified atom stereocenters. The summed E-state index contributed by atoms with van der Waals surface area (Å²) in [5.74, 6) is -1.38. The van der Waals surface area contributed by atoms with Gasteiger partial charge in [-0.3, -0.25) is 4.79 Å². The van der Waals surface area contributed by atoms with Gasteiger partial charge in [0.25, 0.3) is 5.91 Å². The van der Waals surface area contributed by atoms with Crippen LogP contribution in [0.5, 0.6) is 0 Å². The Labute approximate surface area is 174 Å². The number of benzene rings is 1. The summed E-state index contributed by atoms with van der Waals surface area (Å²) in [7, 11) is -3.72. The number of rotatable bonds is 5. The SMILES string of the molecule is CC(C)NS(=O)(=O)c1ccc2c(c1)/C(=C/c1[nH]c(C(=O)O)c3c1CCCC3)C(=O)N2. The highest BCUT2D eigenvalue weighted by Crippen LogP contribution is 2.37. The third-order valence-electron chi connectivity index (χ3n) is 5.33. The van der Waals surface area contributed by atoms with Gasteiger partial charge in [-0.25, -0.2) is 17.9 Å². The van der Waals surface area contributed by atoms with Gasteiger partial charge >= 0.3 is 5.97 Å². The van der Waals surface area contributed by atoms with E-state index in [1.165, 1.54) is 12.1 Å². The maximum atomic E-state index is 12.6. The van der Waals surface area contributed by atoms with Crippen LogP contribution in [0.15, 0.2) is 23.1 Å². The molecule has 2 aliphatic rings. The molecule has 0 spiro atoms. The number of hydrogen-bond acceptors (Lipinski definition) is 4. The van der Waals surface area contributed by atoms with Crippen LogP contribution in [0.2, 0.25) is 0 Å². The van der Waals surface area contributed by atoms with Crippen molar-refractivity contribution in [3.8, 4) is 0 Å². The maximum absolute atomic E-state index is 12.6. The van der Waals surface area contributed by atoms with E-state index >= 15 is 0 Å². The lowest BCUT2D eigenvalue weighted by molar-refractivity contribution is -0.110. The van der Waals surface area contributed by atoms with E-state index in [2.05, 4.69) is 15.0 Å². The predicted molar refractivity (Wildman–Crippen MR) is 113 cm³/mol. The molecule has 0 saturated carbocycles. The van der Waals surface area contributed by atoms with Gasteiger partial charge < -0.3 is 15.4 Å². The first-order valence-corrected chi connectivity index (χ1v) is 11.3. The lowest BCUT2D eigenvalue weighted by Gasteiger charge is -2.12. The highest BCUT2D eigenvalue weighted by atomic mass is 32.2. The molecule has 0 bridgehead atoms. The molecule has 0 atom stereocenters. The third-order valence-corrected chi connectivity index (χ3v) is 6.99. The molecule has 0 fully saturated rings. The summed E-state index contributed by atoms with van der Waals surface area (Å²) < 4.78 is 27.6. The van der Waals surface area contributed by atoms with E-state index in [0.29, 0.717) is 28.9 Å². The Bertz CT molecular complexity index is 1190. The Morgan fingerprint density at radius 3 is 2.57 bits per heavy atom. The van der Waals surface area contributed by atoms with Gasteiger partial charge in [-0.15, -0.1) is 0 Å². The number of carboxylic acid groups (broad SMARTS) is 1. The second-order valence-electron chi connectivity index (χ2n) is 7.88. The number of hydrogen-bond donors (Lipinski definition) is 4. The monoisotopic (exact) mass is 429 g/mol. The second-order valence-corrected chi connectivity index (χ2v) is 9.59. The summed E-state index contributed by atoms with van der Waals surface area (Å²) in [6.45, 7) is 3.46. The zero-order valence-corrected chi connectivity index (χ0v) is 17.5. The molecule has 9 heteroatoms. The van der Waals surface area contributed by atoms with Gasteiger partial charge in [-0.1, -0.05) is 0 Å². The highest BCUT2D eigenvalue weighted by molar-refractivity contribution is 7.89. The molecule has 2 heterocycles. The number of amides is 1. The van der Waals surface area contributed by atoms with Crippen LogP contribution in [0.1, 0.15) is 59.6 Å². The van der Waals surface area contributed by atoms with Gasteiger partial charge in [0, 0.05) is 23.0 Å². The molecule has 30 heavy (non-hydrogen) atoms. The van der Waals surface area contributed by atoms with Crippen molar-refractivity contribution < 1.29 is 23.1 Å². The summed E-state index contributed by atoms with van der Waals surface area (Å²) in [6.07, 6.45) is 4.92. The summed E-state index contributed by atoms with van der Waals surface area (Å²) in [5.41, 5.74) is 3.75. The molecule has 0 saturated heterocycles. The van der Waals surface area contributed by atoms with E-state index in [0.717, 1.165) is 30.4 Å². The molecule has 0 radical (unpaired) electrons. The molecule has 8 nitrogen and oxygen atoms in total. The van der Waals surface area contributed by atoms with Gasteiger partial charge in [0.1, 0.15) is 5.69 Å². The van der Waals surface area contributed by atoms with Crippen molar-refractivity contribution in [2.45, 2.75) is 50.5 Å². The molecule has 4 rings (SSSR count). The summed E-state index contributed by atoms with van der Waals surface area (Å²) in [6, 6.07) is 4.22. The van der Waals surface area contributed by atoms with Crippen LogP contribution >= 0.6 is 0 Å². The Hall–Kier alpha value is -2.91. The summed E-state index contributed by atoms with van der Waals surface area (Å²) in [4.78, 5) is 27.3. The highest BCUT2D eigenvalue weighted by Gasteiger charge is 2.29. The standard InChI is InChI=1S/C21H23N3O5S/c1-11(2)24-30(28,29)12-7-8-17-15(9-12)16(20(25)23-17)10-18-13-5-3-4-6-14(13)19(22-18)21(26)27/h7-11,22,24H,3-6H2,1-2H3,(H,23,25)(H,26,27)/b16-10-. The van der Waals surface area contributed by atoms with Crippen LogP contribution in [0.25, 0.3) is 11.6 Å². The number of aromatic nitrogens is 1. The first kappa shape index (κ1) is 20.4. The Morgan fingerprint density at radius 2 is 1.90 bits per heavy atom. The van der Waals surface area contributed by atoms with Crippen LogP contribution in [0.4, 0.5) is 5.69 Å². The number of fused-ring (bicyclic) bond motifs is 2. The largest absolute Gasteiger partial charge is 0.477 e. The molecular formula is C21H23N3O5S. The number of sulfonamides is 1. The minimum Gasteiger partial charge on any atom is -0.477 e. The molecule has 158 valence electrons. The number of carboxylic acids is 1. The average molecular weight is 429 g/mol. The number of nitrogens with one attached hydrogen (secondary N) is 3. The van der Waals surface area contributed by atoms with Crippen LogP contribution in [-0.2, 0) is 27.7 Å². The molecular weight excluding hydrogens is 406 g/mol. The van der Waals surface area contributed by atoms with Crippen molar-refractivity contribution in [1.82, 2.24) is 9.71 Å². The molecule has 1 aromatic carbocycles. The first-order valence-electron chi connectivity index (χ1n) is 9.84. The number of anilines is 1. The number of carbonyl (C=O) groups is 2. The topological polar surface area (TPSA) is 128 Å². The quantitative estimate of drug-likeness (QED) is 0.543. The third kappa shape index (κ3) is 3.54. The number of aromatic amines is 1. The Morgan fingerprint density at radius 1 is 1.20 bits per heavy atom.